The van der Waals surface area contributed by atoms with Crippen LogP contribution in [0.3, 0.4) is 0 Å². The summed E-state index contributed by atoms with van der Waals surface area (Å²) in [5, 5.41) is 13.9. The van der Waals surface area contributed by atoms with Crippen LogP contribution in [0.5, 0.6) is 0 Å². The molecule has 5 nitrogen and oxygen atoms in total. The van der Waals surface area contributed by atoms with Crippen molar-refractivity contribution in [1.29, 1.82) is 0 Å². The molecule has 0 saturated heterocycles. The maximum atomic E-state index is 11.3. The molecular weight excluding hydrogens is 382 g/mol. The minimum atomic E-state index is -0.672. The predicted octanol–water partition coefficient (Wildman–Crippen LogP) is 5.27. The average molecular weight is 410 g/mol. The number of carboxylic acids is 1. The van der Waals surface area contributed by atoms with Gasteiger partial charge in [-0.25, -0.2) is 9.97 Å². The van der Waals surface area contributed by atoms with Crippen molar-refractivity contribution < 1.29 is 9.90 Å². The van der Waals surface area contributed by atoms with Gasteiger partial charge in [-0.3, -0.25) is 4.79 Å². The van der Waals surface area contributed by atoms with Gasteiger partial charge in [0.1, 0.15) is 16.5 Å². The predicted molar refractivity (Wildman–Crippen MR) is 118 cm³/mol. The number of hydrogen-bond donors (Lipinski definition) is 2. The number of carboxylic acid groups (broad SMARTS) is 1. The van der Waals surface area contributed by atoms with Crippen molar-refractivity contribution in [2.45, 2.75) is 51.4 Å². The van der Waals surface area contributed by atoms with Crippen molar-refractivity contribution in [3.63, 3.8) is 0 Å². The van der Waals surface area contributed by atoms with Gasteiger partial charge < -0.3 is 10.4 Å². The van der Waals surface area contributed by atoms with Gasteiger partial charge in [-0.05, 0) is 50.2 Å². The molecule has 0 aliphatic heterocycles. The maximum Gasteiger partial charge on any atom is 0.306 e. The molecule has 0 spiro atoms. The Hall–Kier alpha value is -2.47. The average Bonchev–Trinajstić information content (AvgIpc) is 3.18. The molecule has 0 radical (unpaired) electrons. The molecule has 1 aromatic carbocycles. The fourth-order valence-corrected chi connectivity index (χ4v) is 5.02. The number of carbonyl (C=O) groups is 1. The van der Waals surface area contributed by atoms with Crippen LogP contribution >= 0.6 is 11.3 Å². The summed E-state index contributed by atoms with van der Waals surface area (Å²) in [6.07, 6.45) is 5.04. The molecule has 1 fully saturated rings. The Kier molecular flexibility index (Phi) is 6.09. The van der Waals surface area contributed by atoms with Crippen LogP contribution in [0.25, 0.3) is 10.2 Å². The Bertz CT molecular complexity index is 978. The summed E-state index contributed by atoms with van der Waals surface area (Å²) in [6.45, 7) is 2.98. The number of nitrogens with zero attached hydrogens (tertiary/aromatic N) is 2. The lowest BCUT2D eigenvalue weighted by atomic mass is 9.81. The summed E-state index contributed by atoms with van der Waals surface area (Å²) < 4.78 is 0. The number of benzene rings is 1. The first-order valence-corrected chi connectivity index (χ1v) is 11.3. The summed E-state index contributed by atoms with van der Waals surface area (Å²) in [5.74, 6) is 1.14. The molecule has 29 heavy (non-hydrogen) atoms. The van der Waals surface area contributed by atoms with Crippen molar-refractivity contribution in [2.75, 3.05) is 11.9 Å². The number of nitrogens with one attached hydrogen (secondary N) is 1. The number of rotatable bonds is 7. The van der Waals surface area contributed by atoms with Crippen LogP contribution in [-0.4, -0.2) is 27.6 Å². The monoisotopic (exact) mass is 409 g/mol. The second-order valence-electron chi connectivity index (χ2n) is 7.76. The molecule has 2 heterocycles. The fraction of sp³-hybridized carbons (Fsp3) is 0.435. The molecule has 0 amide bonds. The standard InChI is InChI=1S/C23H27N3O2S/c1-2-18-14-19-21(24-13-12-15-6-4-3-5-7-15)25-20(26-22(19)29-18)16-8-10-17(11-9-16)23(27)28/h3-7,14,16-17H,2,8-13H2,1H3,(H,27,28)(H,24,25,26). The van der Waals surface area contributed by atoms with E-state index in [0.29, 0.717) is 12.8 Å². The molecule has 2 aromatic heterocycles. The summed E-state index contributed by atoms with van der Waals surface area (Å²) in [5.41, 5.74) is 1.30. The molecule has 4 rings (SSSR count). The van der Waals surface area contributed by atoms with Crippen molar-refractivity contribution >= 4 is 33.3 Å². The van der Waals surface area contributed by atoms with Gasteiger partial charge in [-0.15, -0.1) is 11.3 Å². The lowest BCUT2D eigenvalue weighted by Crippen LogP contribution is -2.21. The van der Waals surface area contributed by atoms with Gasteiger partial charge in [0.15, 0.2) is 0 Å². The van der Waals surface area contributed by atoms with E-state index in [2.05, 4.69) is 42.6 Å². The first kappa shape index (κ1) is 19.8. The lowest BCUT2D eigenvalue weighted by molar-refractivity contribution is -0.142. The minimum absolute atomic E-state index is 0.216. The normalized spacial score (nSPS) is 19.3. The molecule has 0 bridgehead atoms. The molecule has 2 N–H and O–H groups in total. The topological polar surface area (TPSA) is 75.1 Å². The van der Waals surface area contributed by atoms with E-state index in [4.69, 9.17) is 9.97 Å². The third kappa shape index (κ3) is 4.58. The zero-order valence-corrected chi connectivity index (χ0v) is 17.5. The number of aromatic nitrogens is 2. The summed E-state index contributed by atoms with van der Waals surface area (Å²) in [6, 6.07) is 12.7. The molecule has 0 atom stereocenters. The van der Waals surface area contributed by atoms with E-state index in [0.717, 1.165) is 54.1 Å². The van der Waals surface area contributed by atoms with Gasteiger partial charge in [-0.2, -0.15) is 0 Å². The Balaban J connectivity index is 1.55. The van der Waals surface area contributed by atoms with Crippen LogP contribution in [0.15, 0.2) is 36.4 Å². The second kappa shape index (κ2) is 8.91. The molecule has 6 heteroatoms. The third-order valence-electron chi connectivity index (χ3n) is 5.80. The Morgan fingerprint density at radius 1 is 1.17 bits per heavy atom. The van der Waals surface area contributed by atoms with Gasteiger partial charge in [0.25, 0.3) is 0 Å². The smallest absolute Gasteiger partial charge is 0.306 e. The Morgan fingerprint density at radius 2 is 1.93 bits per heavy atom. The van der Waals surface area contributed by atoms with E-state index in [9.17, 15) is 9.90 Å². The van der Waals surface area contributed by atoms with E-state index >= 15 is 0 Å². The molecule has 1 saturated carbocycles. The highest BCUT2D eigenvalue weighted by molar-refractivity contribution is 7.18. The zero-order valence-electron chi connectivity index (χ0n) is 16.7. The number of fused-ring (bicyclic) bond motifs is 1. The first-order valence-electron chi connectivity index (χ1n) is 10.4. The van der Waals surface area contributed by atoms with Crippen molar-refractivity contribution in [3.05, 3.63) is 52.7 Å². The Labute approximate surface area is 175 Å². The molecule has 152 valence electrons. The quantitative estimate of drug-likeness (QED) is 0.556. The van der Waals surface area contributed by atoms with Crippen LogP contribution in [-0.2, 0) is 17.6 Å². The SMILES string of the molecule is CCc1cc2c(NCCc3ccccc3)nc(C3CCC(C(=O)O)CC3)nc2s1. The fourth-order valence-electron chi connectivity index (χ4n) is 4.05. The van der Waals surface area contributed by atoms with E-state index in [1.807, 2.05) is 6.07 Å². The van der Waals surface area contributed by atoms with Crippen molar-refractivity contribution in [2.24, 2.45) is 5.92 Å². The van der Waals surface area contributed by atoms with Crippen LogP contribution in [0.1, 0.15) is 54.8 Å². The number of hydrogen-bond acceptors (Lipinski definition) is 5. The van der Waals surface area contributed by atoms with Crippen LogP contribution in [0, 0.1) is 5.92 Å². The second-order valence-corrected chi connectivity index (χ2v) is 8.88. The van der Waals surface area contributed by atoms with Gasteiger partial charge in [0.2, 0.25) is 0 Å². The summed E-state index contributed by atoms with van der Waals surface area (Å²) in [4.78, 5) is 23.4. The summed E-state index contributed by atoms with van der Waals surface area (Å²) in [7, 11) is 0. The van der Waals surface area contributed by atoms with E-state index in [1.54, 1.807) is 11.3 Å². The molecular formula is C23H27N3O2S. The minimum Gasteiger partial charge on any atom is -0.481 e. The first-order chi connectivity index (χ1) is 14.1. The molecule has 1 aliphatic carbocycles. The van der Waals surface area contributed by atoms with Gasteiger partial charge >= 0.3 is 5.97 Å². The van der Waals surface area contributed by atoms with Crippen LogP contribution in [0.2, 0.25) is 0 Å². The maximum absolute atomic E-state index is 11.3. The zero-order chi connectivity index (χ0) is 20.2. The highest BCUT2D eigenvalue weighted by Gasteiger charge is 2.29. The van der Waals surface area contributed by atoms with E-state index in [-0.39, 0.29) is 11.8 Å². The Morgan fingerprint density at radius 3 is 2.62 bits per heavy atom. The van der Waals surface area contributed by atoms with Crippen LogP contribution in [0.4, 0.5) is 5.82 Å². The number of anilines is 1. The lowest BCUT2D eigenvalue weighted by Gasteiger charge is -2.25. The van der Waals surface area contributed by atoms with Gasteiger partial charge in [0, 0.05) is 17.3 Å². The summed E-state index contributed by atoms with van der Waals surface area (Å²) >= 11 is 1.74. The molecule has 3 aromatic rings. The number of aliphatic carboxylic acids is 1. The van der Waals surface area contributed by atoms with Gasteiger partial charge in [-0.1, -0.05) is 37.3 Å². The van der Waals surface area contributed by atoms with E-state index < -0.39 is 5.97 Å². The third-order valence-corrected chi connectivity index (χ3v) is 6.97. The largest absolute Gasteiger partial charge is 0.481 e. The highest BCUT2D eigenvalue weighted by atomic mass is 32.1. The highest BCUT2D eigenvalue weighted by Crippen LogP contribution is 2.37. The molecule has 1 aliphatic rings. The number of aryl methyl sites for hydroxylation is 1. The van der Waals surface area contributed by atoms with Crippen molar-refractivity contribution in [3.8, 4) is 0 Å². The van der Waals surface area contributed by atoms with Crippen LogP contribution < -0.4 is 5.32 Å². The van der Waals surface area contributed by atoms with Crippen molar-refractivity contribution in [1.82, 2.24) is 9.97 Å². The van der Waals surface area contributed by atoms with E-state index in [1.165, 1.54) is 10.4 Å². The number of thiophene rings is 1. The van der Waals surface area contributed by atoms with Gasteiger partial charge in [0.05, 0.1) is 11.3 Å². The molecule has 0 unspecified atom stereocenters.